The highest BCUT2D eigenvalue weighted by Crippen LogP contribution is 2.35. The summed E-state index contributed by atoms with van der Waals surface area (Å²) < 4.78 is 29.4. The van der Waals surface area contributed by atoms with Crippen LogP contribution in [0.15, 0.2) is 0 Å². The molecule has 0 saturated carbocycles. The molecule has 6 heteroatoms. The van der Waals surface area contributed by atoms with E-state index in [4.69, 9.17) is 4.74 Å². The van der Waals surface area contributed by atoms with Gasteiger partial charge in [0.15, 0.2) is 5.78 Å². The first-order chi connectivity index (χ1) is 6.49. The molecule has 0 amide bonds. The Morgan fingerprint density at radius 1 is 1.36 bits per heavy atom. The van der Waals surface area contributed by atoms with E-state index in [1.165, 1.54) is 11.4 Å². The van der Waals surface area contributed by atoms with Crippen LogP contribution in [0.1, 0.15) is 12.8 Å². The zero-order chi connectivity index (χ0) is 10.4. The van der Waals surface area contributed by atoms with Gasteiger partial charge in [-0.05, 0) is 12.8 Å². The molecule has 2 aliphatic heterocycles. The topological polar surface area (TPSA) is 63.7 Å². The van der Waals surface area contributed by atoms with Crippen molar-refractivity contribution >= 4 is 15.8 Å². The summed E-state index contributed by atoms with van der Waals surface area (Å²) in [5.41, 5.74) is -0.795. The second kappa shape index (κ2) is 3.01. The van der Waals surface area contributed by atoms with Crippen LogP contribution in [0, 0.1) is 0 Å². The second-order valence-electron chi connectivity index (χ2n) is 3.79. The van der Waals surface area contributed by atoms with Crippen LogP contribution in [0.2, 0.25) is 0 Å². The van der Waals surface area contributed by atoms with E-state index in [1.54, 1.807) is 0 Å². The fraction of sp³-hybridized carbons (Fsp3) is 0.875. The summed E-state index contributed by atoms with van der Waals surface area (Å²) in [5, 5.41) is 0. The molecule has 0 atom stereocenters. The number of hydrogen-bond acceptors (Lipinski definition) is 4. The summed E-state index contributed by atoms with van der Waals surface area (Å²) in [4.78, 5) is 11.7. The van der Waals surface area contributed by atoms with Crippen molar-refractivity contribution in [2.45, 2.75) is 18.4 Å². The molecule has 14 heavy (non-hydrogen) atoms. The fourth-order valence-corrected chi connectivity index (χ4v) is 3.75. The van der Waals surface area contributed by atoms with Crippen LogP contribution in [0.3, 0.4) is 0 Å². The van der Waals surface area contributed by atoms with Crippen LogP contribution < -0.4 is 0 Å². The molecule has 2 rings (SSSR count). The highest BCUT2D eigenvalue weighted by molar-refractivity contribution is 7.90. The second-order valence-corrected chi connectivity index (χ2v) is 5.79. The summed E-state index contributed by atoms with van der Waals surface area (Å²) in [6, 6.07) is 0. The van der Waals surface area contributed by atoms with Crippen LogP contribution in [-0.4, -0.2) is 50.1 Å². The molecule has 0 unspecified atom stereocenters. The molecule has 0 aliphatic carbocycles. The quantitative estimate of drug-likeness (QED) is 0.544. The SMILES string of the molecule is CN1C2(CCOCC2)C(=O)CS1(=O)=O. The van der Waals surface area contributed by atoms with Gasteiger partial charge in [-0.25, -0.2) is 8.42 Å². The average Bonchev–Trinajstić information content (AvgIpc) is 2.30. The number of carbonyl (C=O) groups excluding carboxylic acids is 1. The number of Topliss-reactive ketones (excluding diaryl/α,β-unsaturated/α-hetero) is 1. The van der Waals surface area contributed by atoms with Gasteiger partial charge in [0.25, 0.3) is 0 Å². The van der Waals surface area contributed by atoms with E-state index in [2.05, 4.69) is 0 Å². The average molecular weight is 219 g/mol. The first-order valence-corrected chi connectivity index (χ1v) is 6.18. The normalized spacial score (nSPS) is 31.1. The lowest BCUT2D eigenvalue weighted by Gasteiger charge is -2.35. The number of hydrogen-bond donors (Lipinski definition) is 0. The first-order valence-electron chi connectivity index (χ1n) is 4.57. The molecule has 0 aromatic carbocycles. The number of sulfonamides is 1. The van der Waals surface area contributed by atoms with Crippen LogP contribution in [0.25, 0.3) is 0 Å². The van der Waals surface area contributed by atoms with Gasteiger partial charge in [-0.1, -0.05) is 0 Å². The van der Waals surface area contributed by atoms with Crippen molar-refractivity contribution in [2.24, 2.45) is 0 Å². The van der Waals surface area contributed by atoms with Crippen molar-refractivity contribution in [1.82, 2.24) is 4.31 Å². The molecule has 0 bridgehead atoms. The minimum Gasteiger partial charge on any atom is -0.381 e. The van der Waals surface area contributed by atoms with E-state index in [0.717, 1.165) is 0 Å². The Balaban J connectivity index is 2.39. The summed E-state index contributed by atoms with van der Waals surface area (Å²) in [7, 11) is -1.86. The van der Waals surface area contributed by atoms with Gasteiger partial charge < -0.3 is 4.74 Å². The predicted molar refractivity (Wildman–Crippen MR) is 49.3 cm³/mol. The monoisotopic (exact) mass is 219 g/mol. The molecular formula is C8H13NO4S. The van der Waals surface area contributed by atoms with Crippen molar-refractivity contribution in [3.05, 3.63) is 0 Å². The zero-order valence-corrected chi connectivity index (χ0v) is 8.84. The van der Waals surface area contributed by atoms with E-state index in [-0.39, 0.29) is 11.5 Å². The smallest absolute Gasteiger partial charge is 0.221 e. The van der Waals surface area contributed by atoms with Crippen LogP contribution in [0.4, 0.5) is 0 Å². The molecule has 0 radical (unpaired) electrons. The molecule has 1 spiro atoms. The standard InChI is InChI=1S/C8H13NO4S/c1-9-8(2-4-13-5-3-8)7(10)6-14(9,11)12/h2-6H2,1H3. The number of likely N-dealkylation sites (N-methyl/N-ethyl adjacent to an activating group) is 1. The lowest BCUT2D eigenvalue weighted by molar-refractivity contribution is -0.128. The van der Waals surface area contributed by atoms with Gasteiger partial charge in [0.2, 0.25) is 10.0 Å². The minimum absolute atomic E-state index is 0.177. The van der Waals surface area contributed by atoms with Gasteiger partial charge >= 0.3 is 0 Å². The number of ketones is 1. The molecular weight excluding hydrogens is 206 g/mol. The molecule has 2 fully saturated rings. The molecule has 0 aromatic heterocycles. The molecule has 2 saturated heterocycles. The summed E-state index contributed by atoms with van der Waals surface area (Å²) in [5.74, 6) is -0.521. The van der Waals surface area contributed by atoms with Crippen molar-refractivity contribution in [3.63, 3.8) is 0 Å². The van der Waals surface area contributed by atoms with E-state index >= 15 is 0 Å². The Morgan fingerprint density at radius 3 is 2.36 bits per heavy atom. The third-order valence-electron chi connectivity index (χ3n) is 3.17. The number of nitrogens with zero attached hydrogens (tertiary/aromatic N) is 1. The Bertz CT molecular complexity index is 356. The highest BCUT2D eigenvalue weighted by atomic mass is 32.2. The Hall–Kier alpha value is -0.460. The maximum atomic E-state index is 11.7. The van der Waals surface area contributed by atoms with Crippen LogP contribution in [0.5, 0.6) is 0 Å². The molecule has 80 valence electrons. The van der Waals surface area contributed by atoms with Crippen molar-refractivity contribution in [3.8, 4) is 0 Å². The molecule has 2 heterocycles. The van der Waals surface area contributed by atoms with E-state index in [9.17, 15) is 13.2 Å². The molecule has 0 N–H and O–H groups in total. The Morgan fingerprint density at radius 2 is 1.93 bits per heavy atom. The van der Waals surface area contributed by atoms with Gasteiger partial charge in [-0.3, -0.25) is 4.79 Å². The van der Waals surface area contributed by atoms with E-state index in [0.29, 0.717) is 26.1 Å². The maximum Gasteiger partial charge on any atom is 0.221 e. The lowest BCUT2D eigenvalue weighted by Crippen LogP contribution is -2.51. The van der Waals surface area contributed by atoms with Gasteiger partial charge in [0.1, 0.15) is 5.75 Å². The number of ether oxygens (including phenoxy) is 1. The van der Waals surface area contributed by atoms with Gasteiger partial charge in [-0.2, -0.15) is 4.31 Å². The molecule has 2 aliphatic rings. The minimum atomic E-state index is -3.35. The number of rotatable bonds is 0. The van der Waals surface area contributed by atoms with Crippen molar-refractivity contribution in [1.29, 1.82) is 0 Å². The van der Waals surface area contributed by atoms with Gasteiger partial charge in [-0.15, -0.1) is 0 Å². The lowest BCUT2D eigenvalue weighted by atomic mass is 9.86. The Labute approximate surface area is 83.1 Å². The summed E-state index contributed by atoms with van der Waals surface area (Å²) >= 11 is 0. The Kier molecular flexibility index (Phi) is 2.17. The van der Waals surface area contributed by atoms with Crippen molar-refractivity contribution < 1.29 is 17.9 Å². The highest BCUT2D eigenvalue weighted by Gasteiger charge is 2.54. The molecule has 0 aromatic rings. The van der Waals surface area contributed by atoms with Crippen molar-refractivity contribution in [2.75, 3.05) is 26.0 Å². The summed E-state index contributed by atoms with van der Waals surface area (Å²) in [6.07, 6.45) is 0.975. The largest absolute Gasteiger partial charge is 0.381 e. The first kappa shape index (κ1) is 10.1. The van der Waals surface area contributed by atoms with Gasteiger partial charge in [0, 0.05) is 20.3 Å². The van der Waals surface area contributed by atoms with Gasteiger partial charge in [0.05, 0.1) is 5.54 Å². The zero-order valence-electron chi connectivity index (χ0n) is 8.02. The fourth-order valence-electron chi connectivity index (χ4n) is 2.14. The van der Waals surface area contributed by atoms with Crippen LogP contribution >= 0.6 is 0 Å². The number of carbonyl (C=O) groups is 1. The van der Waals surface area contributed by atoms with E-state index in [1.807, 2.05) is 0 Å². The van der Waals surface area contributed by atoms with E-state index < -0.39 is 15.6 Å². The maximum absolute atomic E-state index is 11.7. The predicted octanol–water partition coefficient (Wildman–Crippen LogP) is -0.620. The summed E-state index contributed by atoms with van der Waals surface area (Å²) in [6.45, 7) is 0.928. The third-order valence-corrected chi connectivity index (χ3v) is 4.98. The van der Waals surface area contributed by atoms with Crippen LogP contribution in [-0.2, 0) is 19.6 Å². The third kappa shape index (κ3) is 1.21. The molecule has 5 nitrogen and oxygen atoms in total.